The molecular formula is C15H28N2O. The molecule has 18 heavy (non-hydrogen) atoms. The molecule has 0 aromatic carbocycles. The summed E-state index contributed by atoms with van der Waals surface area (Å²) in [5.41, 5.74) is 5.06. The molecule has 1 fully saturated rings. The van der Waals surface area contributed by atoms with E-state index in [0.717, 1.165) is 12.3 Å². The summed E-state index contributed by atoms with van der Waals surface area (Å²) in [5, 5.41) is 8.88. The fourth-order valence-corrected chi connectivity index (χ4v) is 2.78. The third-order valence-electron chi connectivity index (χ3n) is 4.17. The van der Waals surface area contributed by atoms with E-state index < -0.39 is 5.54 Å². The molecule has 0 aliphatic heterocycles. The standard InChI is InChI=1S/C15H28N2O/c1-11(2)13-6-5-12(3)9-14(13)18-8-7-15(4,17)10-16/h11-14H,5-9,17H2,1-4H3. The quantitative estimate of drug-likeness (QED) is 0.818. The first kappa shape index (κ1) is 15.5. The number of rotatable bonds is 5. The second-order valence-electron chi connectivity index (χ2n) is 6.51. The Hall–Kier alpha value is -0.590. The largest absolute Gasteiger partial charge is 0.378 e. The summed E-state index contributed by atoms with van der Waals surface area (Å²) >= 11 is 0. The lowest BCUT2D eigenvalue weighted by Crippen LogP contribution is -2.38. The van der Waals surface area contributed by atoms with Crippen molar-refractivity contribution in [2.45, 2.75) is 65.0 Å². The van der Waals surface area contributed by atoms with Gasteiger partial charge in [0.15, 0.2) is 0 Å². The minimum atomic E-state index is -0.756. The van der Waals surface area contributed by atoms with Gasteiger partial charge in [-0.2, -0.15) is 5.26 Å². The summed E-state index contributed by atoms with van der Waals surface area (Å²) in [6, 6.07) is 2.12. The van der Waals surface area contributed by atoms with Gasteiger partial charge >= 0.3 is 0 Å². The van der Waals surface area contributed by atoms with Crippen LogP contribution >= 0.6 is 0 Å². The van der Waals surface area contributed by atoms with Crippen molar-refractivity contribution >= 4 is 0 Å². The van der Waals surface area contributed by atoms with Crippen LogP contribution in [-0.4, -0.2) is 18.2 Å². The first-order valence-electron chi connectivity index (χ1n) is 7.17. The molecule has 104 valence electrons. The Balaban J connectivity index is 2.44. The third kappa shape index (κ3) is 4.59. The van der Waals surface area contributed by atoms with Crippen molar-refractivity contribution in [2.75, 3.05) is 6.61 Å². The monoisotopic (exact) mass is 252 g/mol. The van der Waals surface area contributed by atoms with Crippen LogP contribution in [0.3, 0.4) is 0 Å². The van der Waals surface area contributed by atoms with E-state index in [4.69, 9.17) is 15.7 Å². The van der Waals surface area contributed by atoms with Gasteiger partial charge in [0.1, 0.15) is 5.54 Å². The van der Waals surface area contributed by atoms with E-state index in [9.17, 15) is 0 Å². The van der Waals surface area contributed by atoms with E-state index in [2.05, 4.69) is 26.8 Å². The molecule has 0 aromatic heterocycles. The van der Waals surface area contributed by atoms with Crippen LogP contribution in [-0.2, 0) is 4.74 Å². The van der Waals surface area contributed by atoms with Crippen molar-refractivity contribution in [3.05, 3.63) is 0 Å². The summed E-state index contributed by atoms with van der Waals surface area (Å²) < 4.78 is 6.03. The van der Waals surface area contributed by atoms with Crippen molar-refractivity contribution in [1.29, 1.82) is 5.26 Å². The fourth-order valence-electron chi connectivity index (χ4n) is 2.78. The van der Waals surface area contributed by atoms with Gasteiger partial charge < -0.3 is 10.5 Å². The van der Waals surface area contributed by atoms with Gasteiger partial charge in [0.2, 0.25) is 0 Å². The van der Waals surface area contributed by atoms with Crippen LogP contribution in [0.15, 0.2) is 0 Å². The number of nitrogens with zero attached hydrogens (tertiary/aromatic N) is 1. The van der Waals surface area contributed by atoms with E-state index in [-0.39, 0.29) is 0 Å². The van der Waals surface area contributed by atoms with Crippen LogP contribution in [0.25, 0.3) is 0 Å². The smallest absolute Gasteiger partial charge is 0.103 e. The van der Waals surface area contributed by atoms with Crippen LogP contribution in [0.1, 0.15) is 53.4 Å². The van der Waals surface area contributed by atoms with E-state index in [1.807, 2.05) is 0 Å². The number of nitrogens with two attached hydrogens (primary N) is 1. The maximum absolute atomic E-state index is 8.88. The molecule has 0 heterocycles. The predicted molar refractivity (Wildman–Crippen MR) is 73.9 cm³/mol. The second kappa shape index (κ2) is 6.54. The zero-order chi connectivity index (χ0) is 13.8. The Labute approximate surface area is 112 Å². The molecule has 0 bridgehead atoms. The summed E-state index contributed by atoms with van der Waals surface area (Å²) in [4.78, 5) is 0. The van der Waals surface area contributed by atoms with Crippen LogP contribution < -0.4 is 5.73 Å². The Kier molecular flexibility index (Phi) is 5.62. The van der Waals surface area contributed by atoms with Gasteiger partial charge in [-0.3, -0.25) is 0 Å². The molecular weight excluding hydrogens is 224 g/mol. The van der Waals surface area contributed by atoms with Crippen molar-refractivity contribution in [2.24, 2.45) is 23.5 Å². The Morgan fingerprint density at radius 2 is 2.11 bits per heavy atom. The molecule has 0 amide bonds. The molecule has 0 aromatic rings. The van der Waals surface area contributed by atoms with Crippen molar-refractivity contribution < 1.29 is 4.74 Å². The Morgan fingerprint density at radius 3 is 2.67 bits per heavy atom. The molecule has 1 rings (SSSR count). The average Bonchev–Trinajstić information content (AvgIpc) is 2.28. The maximum atomic E-state index is 8.88. The number of ether oxygens (including phenoxy) is 1. The summed E-state index contributed by atoms with van der Waals surface area (Å²) in [7, 11) is 0. The SMILES string of the molecule is CC1CCC(C(C)C)C(OCCC(C)(N)C#N)C1. The molecule has 0 radical (unpaired) electrons. The van der Waals surface area contributed by atoms with Gasteiger partial charge in [0.05, 0.1) is 12.2 Å². The van der Waals surface area contributed by atoms with Gasteiger partial charge in [-0.05, 0) is 37.5 Å². The molecule has 1 aliphatic carbocycles. The first-order chi connectivity index (χ1) is 8.35. The Morgan fingerprint density at radius 1 is 1.44 bits per heavy atom. The summed E-state index contributed by atoms with van der Waals surface area (Å²) in [5.74, 6) is 2.08. The van der Waals surface area contributed by atoms with Crippen LogP contribution in [0.4, 0.5) is 0 Å². The highest BCUT2D eigenvalue weighted by molar-refractivity contribution is 5.00. The lowest BCUT2D eigenvalue weighted by molar-refractivity contribution is -0.0414. The molecule has 0 spiro atoms. The van der Waals surface area contributed by atoms with Gasteiger partial charge in [0.25, 0.3) is 0 Å². The van der Waals surface area contributed by atoms with Crippen molar-refractivity contribution in [3.8, 4) is 6.07 Å². The molecule has 2 N–H and O–H groups in total. The topological polar surface area (TPSA) is 59.0 Å². The molecule has 1 saturated carbocycles. The molecule has 4 atom stereocenters. The molecule has 3 nitrogen and oxygen atoms in total. The summed E-state index contributed by atoms with van der Waals surface area (Å²) in [6.07, 6.45) is 4.69. The van der Waals surface area contributed by atoms with Gasteiger partial charge in [-0.25, -0.2) is 0 Å². The molecule has 0 saturated heterocycles. The third-order valence-corrected chi connectivity index (χ3v) is 4.17. The molecule has 1 aliphatic rings. The van der Waals surface area contributed by atoms with Crippen LogP contribution in [0, 0.1) is 29.1 Å². The van der Waals surface area contributed by atoms with Gasteiger partial charge in [-0.1, -0.05) is 27.2 Å². The molecule has 3 heteroatoms. The van der Waals surface area contributed by atoms with Gasteiger partial charge in [-0.15, -0.1) is 0 Å². The minimum absolute atomic E-state index is 0.350. The van der Waals surface area contributed by atoms with E-state index in [1.54, 1.807) is 6.92 Å². The Bertz CT molecular complexity index is 293. The lowest BCUT2D eigenvalue weighted by atomic mass is 9.75. The van der Waals surface area contributed by atoms with Crippen LogP contribution in [0.2, 0.25) is 0 Å². The van der Waals surface area contributed by atoms with Crippen molar-refractivity contribution in [1.82, 2.24) is 0 Å². The van der Waals surface area contributed by atoms with E-state index in [1.165, 1.54) is 12.8 Å². The number of hydrogen-bond acceptors (Lipinski definition) is 3. The highest BCUT2D eigenvalue weighted by Crippen LogP contribution is 2.35. The number of hydrogen-bond donors (Lipinski definition) is 1. The molecule has 4 unspecified atom stereocenters. The maximum Gasteiger partial charge on any atom is 0.103 e. The highest BCUT2D eigenvalue weighted by Gasteiger charge is 2.31. The second-order valence-corrected chi connectivity index (χ2v) is 6.51. The van der Waals surface area contributed by atoms with Crippen LogP contribution in [0.5, 0.6) is 0 Å². The zero-order valence-electron chi connectivity index (χ0n) is 12.3. The predicted octanol–water partition coefficient (Wildman–Crippen LogP) is 3.09. The van der Waals surface area contributed by atoms with E-state index in [0.29, 0.717) is 31.0 Å². The highest BCUT2D eigenvalue weighted by atomic mass is 16.5. The lowest BCUT2D eigenvalue weighted by Gasteiger charge is -2.37. The fraction of sp³-hybridized carbons (Fsp3) is 0.933. The summed E-state index contributed by atoms with van der Waals surface area (Å²) in [6.45, 7) is 9.22. The minimum Gasteiger partial charge on any atom is -0.378 e. The van der Waals surface area contributed by atoms with E-state index >= 15 is 0 Å². The number of nitriles is 1. The zero-order valence-corrected chi connectivity index (χ0v) is 12.3. The van der Waals surface area contributed by atoms with Gasteiger partial charge in [0, 0.05) is 13.0 Å². The average molecular weight is 252 g/mol. The first-order valence-corrected chi connectivity index (χ1v) is 7.17. The normalized spacial score (nSPS) is 31.9. The van der Waals surface area contributed by atoms with Crippen molar-refractivity contribution in [3.63, 3.8) is 0 Å².